The van der Waals surface area contributed by atoms with E-state index in [9.17, 15) is 4.21 Å². The molecule has 2 unspecified atom stereocenters. The summed E-state index contributed by atoms with van der Waals surface area (Å²) >= 11 is 0. The highest BCUT2D eigenvalue weighted by Gasteiger charge is 2.01. The van der Waals surface area contributed by atoms with Crippen molar-refractivity contribution in [1.82, 2.24) is 0 Å². The van der Waals surface area contributed by atoms with Gasteiger partial charge in [-0.15, -0.1) is 0 Å². The van der Waals surface area contributed by atoms with Crippen molar-refractivity contribution in [1.29, 1.82) is 0 Å². The van der Waals surface area contributed by atoms with Crippen molar-refractivity contribution in [3.05, 3.63) is 0 Å². The first kappa shape index (κ1) is 8.58. The van der Waals surface area contributed by atoms with E-state index in [1.807, 2.05) is 0 Å². The molecule has 8 heavy (non-hydrogen) atoms. The van der Waals surface area contributed by atoms with Gasteiger partial charge in [0.05, 0.1) is 0 Å². The average molecular weight is 152 g/mol. The zero-order valence-electron chi connectivity index (χ0n) is 5.68. The Kier molecular flexibility index (Phi) is 4.78. The van der Waals surface area contributed by atoms with Gasteiger partial charge >= 0.3 is 0 Å². The first-order valence-electron chi connectivity index (χ1n) is 2.73. The predicted octanol–water partition coefficient (Wildman–Crippen LogP) is 1.80. The molecule has 0 N–H and O–H groups in total. The summed E-state index contributed by atoms with van der Waals surface area (Å²) in [4.78, 5) is 0. The molecular weight excluding hydrogens is 139 g/mol. The van der Waals surface area contributed by atoms with Crippen molar-refractivity contribution < 1.29 is 4.21 Å². The molecule has 0 saturated heterocycles. The number of hydrogen-bond acceptors (Lipinski definition) is 1. The van der Waals surface area contributed by atoms with Crippen molar-refractivity contribution >= 4 is 17.5 Å². The van der Waals surface area contributed by atoms with Crippen molar-refractivity contribution in [3.8, 4) is 0 Å². The van der Waals surface area contributed by atoms with Gasteiger partial charge in [0.25, 0.3) is 0 Å². The van der Waals surface area contributed by atoms with Crippen LogP contribution in [0.5, 0.6) is 0 Å². The summed E-state index contributed by atoms with van der Waals surface area (Å²) in [7, 11) is -0.713. The molecule has 0 aliphatic carbocycles. The molecule has 50 valence electrons. The highest BCUT2D eigenvalue weighted by Crippen LogP contribution is 2.34. The van der Waals surface area contributed by atoms with Gasteiger partial charge in [-0.3, -0.25) is 4.21 Å². The Balaban J connectivity index is 3.32. The van der Waals surface area contributed by atoms with E-state index in [1.165, 1.54) is 6.42 Å². The summed E-state index contributed by atoms with van der Waals surface area (Å²) in [5.74, 6) is 0. The van der Waals surface area contributed by atoms with Crippen LogP contribution in [0.1, 0.15) is 13.3 Å². The molecule has 3 heteroatoms. The second kappa shape index (κ2) is 4.46. The van der Waals surface area contributed by atoms with Gasteiger partial charge in [0.15, 0.2) is 0 Å². The van der Waals surface area contributed by atoms with Gasteiger partial charge in [0.1, 0.15) is 0 Å². The Morgan fingerprint density at radius 3 is 2.25 bits per heavy atom. The van der Waals surface area contributed by atoms with Crippen LogP contribution in [0.3, 0.4) is 0 Å². The van der Waals surface area contributed by atoms with E-state index in [-0.39, 0.29) is 7.12 Å². The molecule has 0 aliphatic rings. The van der Waals surface area contributed by atoms with E-state index in [1.54, 1.807) is 6.26 Å². The molecule has 0 bridgehead atoms. The van der Waals surface area contributed by atoms with Crippen LogP contribution in [0.4, 0.5) is 0 Å². The highest BCUT2D eigenvalue weighted by molar-refractivity contribution is 8.46. The maximum absolute atomic E-state index is 10.7. The predicted molar refractivity (Wildman–Crippen MR) is 42.1 cm³/mol. The molecule has 0 aromatic rings. The van der Waals surface area contributed by atoms with Crippen LogP contribution in [0.15, 0.2) is 0 Å². The molecule has 2 atom stereocenters. The van der Waals surface area contributed by atoms with Gasteiger partial charge < -0.3 is 0 Å². The third-order valence-electron chi connectivity index (χ3n) is 0.977. The maximum atomic E-state index is 10.7. The second-order valence-electron chi connectivity index (χ2n) is 1.78. The van der Waals surface area contributed by atoms with Crippen molar-refractivity contribution in [2.24, 2.45) is 0 Å². The molecule has 1 nitrogen and oxygen atoms in total. The molecule has 0 aromatic heterocycles. The minimum absolute atomic E-state index is 0.167. The third-order valence-corrected chi connectivity index (χ3v) is 6.11. The molecule has 0 aliphatic heterocycles. The van der Waals surface area contributed by atoms with Crippen molar-refractivity contribution in [2.75, 3.05) is 19.1 Å². The summed E-state index contributed by atoms with van der Waals surface area (Å²) in [5, 5.41) is 0. The van der Waals surface area contributed by atoms with Crippen LogP contribution in [-0.4, -0.2) is 23.3 Å². The number of hydrogen-bond donors (Lipinski definition) is 0. The molecule has 0 spiro atoms. The lowest BCUT2D eigenvalue weighted by Crippen LogP contribution is -1.85. The summed E-state index contributed by atoms with van der Waals surface area (Å²) in [6.45, 7) is 4.22. The van der Waals surface area contributed by atoms with Crippen LogP contribution in [0.25, 0.3) is 0 Å². The summed E-state index contributed by atoms with van der Waals surface area (Å²) in [6, 6.07) is 0. The van der Waals surface area contributed by atoms with Gasteiger partial charge in [0, 0.05) is 16.7 Å². The molecule has 0 aromatic carbocycles. The van der Waals surface area contributed by atoms with E-state index in [4.69, 9.17) is 0 Å². The average Bonchev–Trinajstić information content (AvgIpc) is 1.67. The van der Waals surface area contributed by atoms with E-state index in [0.717, 1.165) is 6.16 Å². The molecule has 0 amide bonds. The smallest absolute Gasteiger partial charge is 0.0395 e. The van der Waals surface area contributed by atoms with Gasteiger partial charge in [-0.05, 0) is 20.0 Å². The zero-order valence-corrected chi connectivity index (χ0v) is 7.39. The number of rotatable bonds is 3. The quantitative estimate of drug-likeness (QED) is 0.563. The summed E-state index contributed by atoms with van der Waals surface area (Å²) < 4.78 is 10.7. The molecular formula is C5H13OPS. The molecule has 0 radical (unpaired) electrons. The fourth-order valence-electron chi connectivity index (χ4n) is 0.443. The fourth-order valence-corrected chi connectivity index (χ4v) is 2.65. The lowest BCUT2D eigenvalue weighted by Gasteiger charge is -2.03. The fraction of sp³-hybridized carbons (Fsp3) is 1.00. The summed E-state index contributed by atoms with van der Waals surface area (Å²) in [6.07, 6.45) is 4.11. The Morgan fingerprint density at radius 2 is 2.12 bits per heavy atom. The lowest BCUT2D eigenvalue weighted by atomic mass is 10.6. The Bertz CT molecular complexity index is 84.5. The van der Waals surface area contributed by atoms with Crippen molar-refractivity contribution in [2.45, 2.75) is 13.3 Å². The molecule has 0 saturated carbocycles. The Morgan fingerprint density at radius 1 is 1.62 bits per heavy atom. The summed E-state index contributed by atoms with van der Waals surface area (Å²) in [5.41, 5.74) is 0. The monoisotopic (exact) mass is 152 g/mol. The normalized spacial score (nSPS) is 17.9. The van der Waals surface area contributed by atoms with E-state index in [2.05, 4.69) is 13.6 Å². The van der Waals surface area contributed by atoms with E-state index >= 15 is 0 Å². The van der Waals surface area contributed by atoms with Gasteiger partial charge in [-0.2, -0.15) is 0 Å². The topological polar surface area (TPSA) is 17.1 Å². The maximum Gasteiger partial charge on any atom is 0.0395 e. The molecule has 0 fully saturated rings. The van der Waals surface area contributed by atoms with E-state index in [0.29, 0.717) is 0 Å². The first-order chi connectivity index (χ1) is 3.68. The Hall–Kier alpha value is 0.580. The van der Waals surface area contributed by atoms with Crippen LogP contribution in [0.2, 0.25) is 0 Å². The second-order valence-corrected chi connectivity index (χ2v) is 7.74. The zero-order chi connectivity index (χ0) is 6.57. The standard InChI is InChI=1S/C5H13OPS/c1-4-5-7(2)8(3)6/h4-5H2,1-3H3. The largest absolute Gasteiger partial charge is 0.255 e. The highest BCUT2D eigenvalue weighted by atomic mass is 32.7. The van der Waals surface area contributed by atoms with Crippen LogP contribution >= 0.6 is 7.12 Å². The van der Waals surface area contributed by atoms with Gasteiger partial charge in [0.2, 0.25) is 0 Å². The molecule has 0 rings (SSSR count). The minimum Gasteiger partial charge on any atom is -0.255 e. The van der Waals surface area contributed by atoms with Crippen LogP contribution < -0.4 is 0 Å². The first-order valence-corrected chi connectivity index (χ1v) is 6.87. The third kappa shape index (κ3) is 3.57. The van der Waals surface area contributed by atoms with E-state index < -0.39 is 10.4 Å². The van der Waals surface area contributed by atoms with Gasteiger partial charge in [-0.1, -0.05) is 13.3 Å². The van der Waals surface area contributed by atoms with Crippen molar-refractivity contribution in [3.63, 3.8) is 0 Å². The van der Waals surface area contributed by atoms with Crippen LogP contribution in [-0.2, 0) is 10.4 Å². The SMILES string of the molecule is CCCP(C)S(C)=O. The Labute approximate surface area is 54.8 Å². The van der Waals surface area contributed by atoms with Gasteiger partial charge in [-0.25, -0.2) is 0 Å². The molecule has 0 heterocycles. The lowest BCUT2D eigenvalue weighted by molar-refractivity contribution is 0.694. The minimum atomic E-state index is -0.545. The van der Waals surface area contributed by atoms with Crippen LogP contribution in [0, 0.1) is 0 Å².